The van der Waals surface area contributed by atoms with Crippen LogP contribution in [0.5, 0.6) is 0 Å². The van der Waals surface area contributed by atoms with Crippen molar-refractivity contribution in [1.29, 1.82) is 0 Å². The topological polar surface area (TPSA) is 96.2 Å². The molecular weight excluding hydrogens is 386 g/mol. The van der Waals surface area contributed by atoms with E-state index in [-0.39, 0.29) is 17.4 Å². The Bertz CT molecular complexity index is 994. The molecule has 158 valence electrons. The Hall–Kier alpha value is -2.61. The third-order valence-corrected chi connectivity index (χ3v) is 4.97. The minimum Gasteiger partial charge on any atom is -0.383 e. The van der Waals surface area contributed by atoms with Crippen molar-refractivity contribution in [1.82, 2.24) is 9.55 Å². The molecule has 2 aromatic rings. The smallest absolute Gasteiger partial charge is 0.330 e. The number of nitrogens with two attached hydrogens (primary N) is 1. The van der Waals surface area contributed by atoms with Gasteiger partial charge in [-0.3, -0.25) is 14.3 Å². The van der Waals surface area contributed by atoms with Crippen molar-refractivity contribution in [3.05, 3.63) is 50.2 Å². The number of H-pyrrole nitrogens is 1. The number of nitrogens with one attached hydrogen (secondary N) is 2. The van der Waals surface area contributed by atoms with Crippen LogP contribution in [0.1, 0.15) is 44.7 Å². The molecule has 1 heterocycles. The SMILES string of the molecule is CCCCn1c(N)c(N(CC(C)C)C(=S)Nc2cc(C)ccc2C)c(=O)[nH]c1=O. The minimum atomic E-state index is -0.536. The van der Waals surface area contributed by atoms with Crippen LogP contribution in [0.4, 0.5) is 17.2 Å². The number of hydrogen-bond donors (Lipinski definition) is 3. The van der Waals surface area contributed by atoms with Gasteiger partial charge in [0.1, 0.15) is 5.82 Å². The van der Waals surface area contributed by atoms with Crippen LogP contribution >= 0.6 is 12.2 Å². The molecule has 4 N–H and O–H groups in total. The molecule has 0 fully saturated rings. The number of nitrogens with zero attached hydrogens (tertiary/aromatic N) is 2. The highest BCUT2D eigenvalue weighted by Gasteiger charge is 2.23. The third kappa shape index (κ3) is 5.47. The molecular formula is C21H31N5O2S. The molecule has 0 aliphatic rings. The molecule has 0 amide bonds. The molecule has 0 radical (unpaired) electrons. The molecule has 0 aliphatic carbocycles. The van der Waals surface area contributed by atoms with Crippen molar-refractivity contribution in [2.75, 3.05) is 22.5 Å². The van der Waals surface area contributed by atoms with Crippen molar-refractivity contribution in [2.24, 2.45) is 5.92 Å². The molecule has 1 aromatic heterocycles. The Morgan fingerprint density at radius 2 is 2.00 bits per heavy atom. The van der Waals surface area contributed by atoms with Crippen LogP contribution in [0.2, 0.25) is 0 Å². The van der Waals surface area contributed by atoms with E-state index in [4.69, 9.17) is 18.0 Å². The number of aromatic nitrogens is 2. The minimum absolute atomic E-state index is 0.137. The van der Waals surface area contributed by atoms with Gasteiger partial charge in [-0.2, -0.15) is 0 Å². The summed E-state index contributed by atoms with van der Waals surface area (Å²) in [4.78, 5) is 29.1. The first-order chi connectivity index (χ1) is 13.6. The van der Waals surface area contributed by atoms with E-state index in [0.29, 0.717) is 18.2 Å². The lowest BCUT2D eigenvalue weighted by molar-refractivity contribution is 0.601. The van der Waals surface area contributed by atoms with E-state index in [1.54, 1.807) is 4.90 Å². The van der Waals surface area contributed by atoms with E-state index in [1.807, 2.05) is 52.8 Å². The molecule has 0 atom stereocenters. The maximum absolute atomic E-state index is 12.7. The molecule has 0 saturated carbocycles. The van der Waals surface area contributed by atoms with Gasteiger partial charge in [-0.1, -0.05) is 39.3 Å². The van der Waals surface area contributed by atoms with E-state index >= 15 is 0 Å². The fourth-order valence-corrected chi connectivity index (χ4v) is 3.35. The van der Waals surface area contributed by atoms with E-state index in [1.165, 1.54) is 4.57 Å². The second-order valence-corrected chi connectivity index (χ2v) is 8.14. The van der Waals surface area contributed by atoms with Gasteiger partial charge in [0, 0.05) is 18.8 Å². The van der Waals surface area contributed by atoms with Gasteiger partial charge in [0.25, 0.3) is 5.56 Å². The predicted octanol–water partition coefficient (Wildman–Crippen LogP) is 3.40. The van der Waals surface area contributed by atoms with E-state index < -0.39 is 11.2 Å². The summed E-state index contributed by atoms with van der Waals surface area (Å²) in [6.45, 7) is 11.0. The Labute approximate surface area is 176 Å². The highest BCUT2D eigenvalue weighted by molar-refractivity contribution is 7.80. The number of nitrogen functional groups attached to an aromatic ring is 1. The number of aromatic amines is 1. The molecule has 1 aromatic carbocycles. The van der Waals surface area contributed by atoms with Crippen LogP contribution in [0.25, 0.3) is 0 Å². The van der Waals surface area contributed by atoms with Crippen LogP contribution in [0.3, 0.4) is 0 Å². The molecule has 2 rings (SSSR count). The monoisotopic (exact) mass is 417 g/mol. The quantitative estimate of drug-likeness (QED) is 0.598. The number of rotatable bonds is 7. The summed E-state index contributed by atoms with van der Waals surface area (Å²) in [7, 11) is 0. The Morgan fingerprint density at radius 1 is 1.31 bits per heavy atom. The van der Waals surface area contributed by atoms with Gasteiger partial charge in [-0.25, -0.2) is 4.79 Å². The molecule has 0 bridgehead atoms. The number of aryl methyl sites for hydroxylation is 2. The normalized spacial score (nSPS) is 11.0. The van der Waals surface area contributed by atoms with Crippen molar-refractivity contribution < 1.29 is 0 Å². The first-order valence-corrected chi connectivity index (χ1v) is 10.3. The summed E-state index contributed by atoms with van der Waals surface area (Å²) in [5.74, 6) is 0.348. The highest BCUT2D eigenvalue weighted by atomic mass is 32.1. The lowest BCUT2D eigenvalue weighted by Gasteiger charge is -2.29. The summed E-state index contributed by atoms with van der Waals surface area (Å²) in [5.41, 5.74) is 8.48. The molecule has 7 nitrogen and oxygen atoms in total. The fraction of sp³-hybridized carbons (Fsp3) is 0.476. The van der Waals surface area contributed by atoms with Gasteiger partial charge < -0.3 is 16.0 Å². The van der Waals surface area contributed by atoms with Gasteiger partial charge in [-0.15, -0.1) is 0 Å². The van der Waals surface area contributed by atoms with Gasteiger partial charge in [0.05, 0.1) is 0 Å². The number of anilines is 3. The van der Waals surface area contributed by atoms with E-state index in [2.05, 4.69) is 10.3 Å². The summed E-state index contributed by atoms with van der Waals surface area (Å²) in [6, 6.07) is 6.05. The summed E-state index contributed by atoms with van der Waals surface area (Å²) in [6.07, 6.45) is 1.69. The lowest BCUT2D eigenvalue weighted by atomic mass is 10.1. The van der Waals surface area contributed by atoms with Crippen molar-refractivity contribution in [3.8, 4) is 0 Å². The second kappa shape index (κ2) is 9.73. The lowest BCUT2D eigenvalue weighted by Crippen LogP contribution is -2.44. The molecule has 0 spiro atoms. The zero-order valence-corrected chi connectivity index (χ0v) is 18.7. The van der Waals surface area contributed by atoms with E-state index in [9.17, 15) is 9.59 Å². The summed E-state index contributed by atoms with van der Waals surface area (Å²) < 4.78 is 1.41. The number of hydrogen-bond acceptors (Lipinski definition) is 4. The standard InChI is InChI=1S/C21H31N5O2S/c1-6-7-10-25-18(22)17(19(27)24-20(25)28)26(12-13(2)3)21(29)23-16-11-14(4)8-9-15(16)5/h8-9,11,13H,6-7,10,12,22H2,1-5H3,(H,23,29)(H,24,27,28). The van der Waals surface area contributed by atoms with Gasteiger partial charge in [0.15, 0.2) is 10.8 Å². The van der Waals surface area contributed by atoms with Crippen molar-refractivity contribution in [3.63, 3.8) is 0 Å². The largest absolute Gasteiger partial charge is 0.383 e. The zero-order chi connectivity index (χ0) is 21.7. The Morgan fingerprint density at radius 3 is 2.62 bits per heavy atom. The first kappa shape index (κ1) is 22.7. The second-order valence-electron chi connectivity index (χ2n) is 7.75. The van der Waals surface area contributed by atoms with E-state index in [0.717, 1.165) is 29.7 Å². The maximum Gasteiger partial charge on any atom is 0.330 e. The third-order valence-electron chi connectivity index (χ3n) is 4.65. The molecule has 0 saturated heterocycles. The average Bonchev–Trinajstić information content (AvgIpc) is 2.63. The number of benzene rings is 1. The van der Waals surface area contributed by atoms with Crippen molar-refractivity contribution in [2.45, 2.75) is 54.0 Å². The fourth-order valence-electron chi connectivity index (χ4n) is 3.07. The molecule has 29 heavy (non-hydrogen) atoms. The Kier molecular flexibility index (Phi) is 7.61. The van der Waals surface area contributed by atoms with Crippen LogP contribution in [0.15, 0.2) is 27.8 Å². The van der Waals surface area contributed by atoms with Crippen molar-refractivity contribution >= 4 is 34.5 Å². The van der Waals surface area contributed by atoms with Crippen LogP contribution in [-0.4, -0.2) is 21.2 Å². The maximum atomic E-state index is 12.7. The van der Waals surface area contributed by atoms with Crippen LogP contribution in [0, 0.1) is 19.8 Å². The highest BCUT2D eigenvalue weighted by Crippen LogP contribution is 2.22. The number of unbranched alkanes of at least 4 members (excludes halogenated alkanes) is 1. The molecule has 0 aliphatic heterocycles. The molecule has 0 unspecified atom stereocenters. The van der Waals surface area contributed by atoms with Gasteiger partial charge in [0.2, 0.25) is 0 Å². The first-order valence-electron chi connectivity index (χ1n) is 9.94. The Balaban J connectivity index is 2.52. The van der Waals surface area contributed by atoms with Gasteiger partial charge >= 0.3 is 5.69 Å². The van der Waals surface area contributed by atoms with Crippen LogP contribution < -0.4 is 27.2 Å². The number of thiocarbonyl (C=S) groups is 1. The average molecular weight is 418 g/mol. The predicted molar refractivity (Wildman–Crippen MR) is 125 cm³/mol. The summed E-state index contributed by atoms with van der Waals surface area (Å²) in [5, 5.41) is 3.61. The van der Waals surface area contributed by atoms with Gasteiger partial charge in [-0.05, 0) is 55.6 Å². The van der Waals surface area contributed by atoms with Crippen LogP contribution in [-0.2, 0) is 6.54 Å². The zero-order valence-electron chi connectivity index (χ0n) is 17.8. The molecule has 8 heteroatoms. The summed E-state index contributed by atoms with van der Waals surface area (Å²) >= 11 is 5.66.